The summed E-state index contributed by atoms with van der Waals surface area (Å²) in [6.07, 6.45) is 1.26. The summed E-state index contributed by atoms with van der Waals surface area (Å²) in [4.78, 5) is 4.45. The van der Waals surface area contributed by atoms with Crippen molar-refractivity contribution in [1.29, 1.82) is 0 Å². The van der Waals surface area contributed by atoms with Crippen molar-refractivity contribution in [3.05, 3.63) is 41.5 Å². The first kappa shape index (κ1) is 15.5. The summed E-state index contributed by atoms with van der Waals surface area (Å²) >= 11 is 0. The van der Waals surface area contributed by atoms with Crippen molar-refractivity contribution in [3.63, 3.8) is 0 Å². The van der Waals surface area contributed by atoms with Crippen LogP contribution in [-0.2, 0) is 17.6 Å². The average Bonchev–Trinajstić information content (AvgIpc) is 2.85. The lowest BCUT2D eigenvalue weighted by Gasteiger charge is -2.26. The second-order valence-electron chi connectivity index (χ2n) is 6.23. The maximum atomic E-state index is 5.93. The second kappa shape index (κ2) is 6.26. The largest absolute Gasteiger partial charge is 0.399 e. The fourth-order valence-electron chi connectivity index (χ4n) is 2.33. The van der Waals surface area contributed by atoms with Crippen LogP contribution in [0.1, 0.15) is 44.2 Å². The van der Waals surface area contributed by atoms with Crippen molar-refractivity contribution >= 4 is 5.69 Å². The van der Waals surface area contributed by atoms with E-state index in [0.717, 1.165) is 17.7 Å². The van der Waals surface area contributed by atoms with Gasteiger partial charge < -0.3 is 15.0 Å². The summed E-state index contributed by atoms with van der Waals surface area (Å²) in [5, 5.41) is 4.05. The van der Waals surface area contributed by atoms with Crippen LogP contribution in [0.2, 0.25) is 0 Å². The van der Waals surface area contributed by atoms with Crippen LogP contribution in [0.3, 0.4) is 0 Å². The van der Waals surface area contributed by atoms with E-state index in [2.05, 4.69) is 30.9 Å². The maximum Gasteiger partial charge on any atom is 0.227 e. The number of nitrogen functional groups attached to an aromatic ring is 1. The molecule has 0 saturated heterocycles. The highest BCUT2D eigenvalue weighted by Crippen LogP contribution is 2.33. The standard InChI is InChI=1S/C16H23N3O2/c1-16(2,3)14(20-4)15-18-13(21-19-15)10-9-11-7-5-6-8-12(11)17/h5-8,14H,9-10,17H2,1-4H3. The summed E-state index contributed by atoms with van der Waals surface area (Å²) in [5.41, 5.74) is 7.73. The van der Waals surface area contributed by atoms with Gasteiger partial charge in [-0.15, -0.1) is 0 Å². The molecular weight excluding hydrogens is 266 g/mol. The minimum absolute atomic E-state index is 0.0836. The lowest BCUT2D eigenvalue weighted by molar-refractivity contribution is 0.00718. The lowest BCUT2D eigenvalue weighted by atomic mass is 9.88. The predicted molar refractivity (Wildman–Crippen MR) is 81.8 cm³/mol. The number of nitrogens with zero attached hydrogens (tertiary/aromatic N) is 2. The zero-order valence-corrected chi connectivity index (χ0v) is 13.1. The van der Waals surface area contributed by atoms with Crippen LogP contribution in [0.4, 0.5) is 5.69 Å². The van der Waals surface area contributed by atoms with Gasteiger partial charge in [0, 0.05) is 19.2 Å². The molecule has 0 spiro atoms. The minimum Gasteiger partial charge on any atom is -0.399 e. The maximum absolute atomic E-state index is 5.93. The van der Waals surface area contributed by atoms with Gasteiger partial charge in [-0.05, 0) is 23.5 Å². The summed E-state index contributed by atoms with van der Waals surface area (Å²) in [6.45, 7) is 6.26. The van der Waals surface area contributed by atoms with Crippen molar-refractivity contribution in [2.45, 2.75) is 39.7 Å². The molecule has 0 bridgehead atoms. The van der Waals surface area contributed by atoms with Crippen molar-refractivity contribution in [3.8, 4) is 0 Å². The number of para-hydroxylation sites is 1. The topological polar surface area (TPSA) is 74.2 Å². The van der Waals surface area contributed by atoms with Gasteiger partial charge in [-0.1, -0.05) is 44.1 Å². The zero-order valence-electron chi connectivity index (χ0n) is 13.1. The minimum atomic E-state index is -0.184. The van der Waals surface area contributed by atoms with Gasteiger partial charge in [0.25, 0.3) is 0 Å². The number of anilines is 1. The highest BCUT2D eigenvalue weighted by atomic mass is 16.5. The van der Waals surface area contributed by atoms with Crippen LogP contribution in [-0.4, -0.2) is 17.3 Å². The SMILES string of the molecule is COC(c1noc(CCc2ccccc2N)n1)C(C)(C)C. The quantitative estimate of drug-likeness (QED) is 0.856. The van der Waals surface area contributed by atoms with Crippen LogP contribution in [0.15, 0.2) is 28.8 Å². The normalized spacial score (nSPS) is 13.3. The van der Waals surface area contributed by atoms with Gasteiger partial charge >= 0.3 is 0 Å². The number of benzene rings is 1. The first-order valence-corrected chi connectivity index (χ1v) is 7.10. The molecule has 2 rings (SSSR count). The highest BCUT2D eigenvalue weighted by molar-refractivity contribution is 5.46. The fourth-order valence-corrected chi connectivity index (χ4v) is 2.33. The Hall–Kier alpha value is -1.88. The smallest absolute Gasteiger partial charge is 0.227 e. The van der Waals surface area contributed by atoms with E-state index < -0.39 is 0 Å². The van der Waals surface area contributed by atoms with Crippen LogP contribution < -0.4 is 5.73 Å². The Morgan fingerprint density at radius 2 is 1.95 bits per heavy atom. The Morgan fingerprint density at radius 1 is 1.24 bits per heavy atom. The molecule has 0 fully saturated rings. The number of rotatable bonds is 5. The molecule has 1 aromatic carbocycles. The van der Waals surface area contributed by atoms with Gasteiger partial charge in [0.05, 0.1) is 0 Å². The van der Waals surface area contributed by atoms with Crippen molar-refractivity contribution < 1.29 is 9.26 Å². The molecule has 1 atom stereocenters. The third kappa shape index (κ3) is 3.82. The van der Waals surface area contributed by atoms with E-state index in [-0.39, 0.29) is 11.5 Å². The molecule has 5 nitrogen and oxygen atoms in total. The molecule has 2 N–H and O–H groups in total. The molecule has 0 amide bonds. The number of hydrogen-bond acceptors (Lipinski definition) is 5. The van der Waals surface area contributed by atoms with Crippen molar-refractivity contribution in [2.75, 3.05) is 12.8 Å². The molecule has 1 heterocycles. The number of hydrogen-bond donors (Lipinski definition) is 1. The molecule has 21 heavy (non-hydrogen) atoms. The Balaban J connectivity index is 2.05. The van der Waals surface area contributed by atoms with E-state index in [9.17, 15) is 0 Å². The average molecular weight is 289 g/mol. The molecule has 1 unspecified atom stereocenters. The number of ether oxygens (including phenoxy) is 1. The van der Waals surface area contributed by atoms with Crippen molar-refractivity contribution in [1.82, 2.24) is 10.1 Å². The van der Waals surface area contributed by atoms with Crippen molar-refractivity contribution in [2.24, 2.45) is 5.41 Å². The number of aromatic nitrogens is 2. The summed E-state index contributed by atoms with van der Waals surface area (Å²) in [7, 11) is 1.66. The Bertz CT molecular complexity index is 587. The molecule has 0 aliphatic carbocycles. The van der Waals surface area contributed by atoms with Gasteiger partial charge in [-0.2, -0.15) is 4.98 Å². The van der Waals surface area contributed by atoms with Gasteiger partial charge in [-0.3, -0.25) is 0 Å². The van der Waals surface area contributed by atoms with Gasteiger partial charge in [0.2, 0.25) is 11.7 Å². The number of nitrogens with two attached hydrogens (primary N) is 1. The van der Waals surface area contributed by atoms with E-state index >= 15 is 0 Å². The van der Waals surface area contributed by atoms with Gasteiger partial charge in [-0.25, -0.2) is 0 Å². The zero-order chi connectivity index (χ0) is 15.5. The monoisotopic (exact) mass is 289 g/mol. The Kier molecular flexibility index (Phi) is 4.63. The molecule has 2 aromatic rings. The Morgan fingerprint density at radius 3 is 2.57 bits per heavy atom. The summed E-state index contributed by atoms with van der Waals surface area (Å²) < 4.78 is 10.8. The molecule has 0 saturated carbocycles. The van der Waals surface area contributed by atoms with Crippen LogP contribution in [0, 0.1) is 5.41 Å². The molecule has 114 valence electrons. The van der Waals surface area contributed by atoms with E-state index in [4.69, 9.17) is 15.0 Å². The third-order valence-electron chi connectivity index (χ3n) is 3.40. The van der Waals surface area contributed by atoms with E-state index in [1.165, 1.54) is 0 Å². The first-order chi connectivity index (χ1) is 9.91. The van der Waals surface area contributed by atoms with Crippen LogP contribution in [0.5, 0.6) is 0 Å². The molecule has 1 aromatic heterocycles. The lowest BCUT2D eigenvalue weighted by Crippen LogP contribution is -2.21. The van der Waals surface area contributed by atoms with Gasteiger partial charge in [0.1, 0.15) is 6.10 Å². The molecule has 0 aliphatic rings. The van der Waals surface area contributed by atoms with E-state index in [1.54, 1.807) is 7.11 Å². The molecule has 0 aliphatic heterocycles. The fraction of sp³-hybridized carbons (Fsp3) is 0.500. The van der Waals surface area contributed by atoms with E-state index in [1.807, 2.05) is 24.3 Å². The predicted octanol–water partition coefficient (Wildman–Crippen LogP) is 3.17. The van der Waals surface area contributed by atoms with Gasteiger partial charge in [0.15, 0.2) is 0 Å². The molecular formula is C16H23N3O2. The first-order valence-electron chi connectivity index (χ1n) is 7.10. The summed E-state index contributed by atoms with van der Waals surface area (Å²) in [5.74, 6) is 1.21. The summed E-state index contributed by atoms with van der Waals surface area (Å²) in [6, 6.07) is 7.82. The number of methoxy groups -OCH3 is 1. The Labute approximate surface area is 125 Å². The van der Waals surface area contributed by atoms with Crippen LogP contribution in [0.25, 0.3) is 0 Å². The third-order valence-corrected chi connectivity index (χ3v) is 3.40. The van der Waals surface area contributed by atoms with Crippen LogP contribution >= 0.6 is 0 Å². The highest BCUT2D eigenvalue weighted by Gasteiger charge is 2.30. The second-order valence-corrected chi connectivity index (χ2v) is 6.23. The molecule has 5 heteroatoms. The number of aryl methyl sites for hydroxylation is 2. The van der Waals surface area contributed by atoms with E-state index in [0.29, 0.717) is 18.1 Å². The molecule has 0 radical (unpaired) electrons.